The maximum absolute atomic E-state index is 4.31. The van der Waals surface area contributed by atoms with Crippen LogP contribution in [0, 0.1) is 0 Å². The monoisotopic (exact) mass is 660 g/mol. The normalized spacial score (nSPS) is 16.2. The van der Waals surface area contributed by atoms with E-state index < -0.39 is 0 Å². The topological polar surface area (TPSA) is 41.9 Å². The van der Waals surface area contributed by atoms with Crippen molar-refractivity contribution in [1.29, 1.82) is 0 Å². The van der Waals surface area contributed by atoms with Crippen LogP contribution in [-0.4, -0.2) is 9.55 Å². The second kappa shape index (κ2) is 11.8. The molecule has 238 valence electrons. The van der Waals surface area contributed by atoms with Crippen LogP contribution in [0.3, 0.4) is 0 Å². The number of nitrogens with zero attached hydrogens (tertiary/aromatic N) is 2. The van der Waals surface area contributed by atoms with E-state index in [1.807, 2.05) is 29.8 Å². The number of aromatic nitrogens is 2. The molecule has 0 saturated heterocycles. The van der Waals surface area contributed by atoms with Gasteiger partial charge in [-0.2, -0.15) is 0 Å². The fourth-order valence-corrected chi connectivity index (χ4v) is 8.60. The van der Waals surface area contributed by atoms with E-state index >= 15 is 0 Å². The van der Waals surface area contributed by atoms with Gasteiger partial charge in [-0.25, -0.2) is 0 Å². The van der Waals surface area contributed by atoms with Gasteiger partial charge in [-0.1, -0.05) is 103 Å². The largest absolute Gasteiger partial charge is 0.366 e. The fourth-order valence-electron chi connectivity index (χ4n) is 7.53. The highest BCUT2D eigenvalue weighted by atomic mass is 32.1. The second-order valence-electron chi connectivity index (χ2n) is 12.9. The van der Waals surface area contributed by atoms with Crippen molar-refractivity contribution in [1.82, 2.24) is 20.2 Å². The van der Waals surface area contributed by atoms with Crippen LogP contribution in [0.1, 0.15) is 28.9 Å². The van der Waals surface area contributed by atoms with E-state index in [9.17, 15) is 0 Å². The van der Waals surface area contributed by atoms with Crippen molar-refractivity contribution in [3.8, 4) is 16.8 Å². The summed E-state index contributed by atoms with van der Waals surface area (Å²) >= 11 is 1.86. The predicted molar refractivity (Wildman–Crippen MR) is 210 cm³/mol. The first-order valence-electron chi connectivity index (χ1n) is 17.0. The van der Waals surface area contributed by atoms with Gasteiger partial charge < -0.3 is 9.88 Å². The minimum Gasteiger partial charge on any atom is -0.366 e. The lowest BCUT2D eigenvalue weighted by atomic mass is 9.96. The summed E-state index contributed by atoms with van der Waals surface area (Å²) in [7, 11) is 0. The van der Waals surface area contributed by atoms with E-state index in [1.54, 1.807) is 0 Å². The zero-order valence-electron chi connectivity index (χ0n) is 27.1. The van der Waals surface area contributed by atoms with Crippen molar-refractivity contribution in [3.63, 3.8) is 0 Å². The maximum Gasteiger partial charge on any atom is 0.104 e. The molecule has 10 rings (SSSR count). The van der Waals surface area contributed by atoms with Crippen LogP contribution < -0.4 is 10.6 Å². The lowest BCUT2D eigenvalue weighted by Gasteiger charge is -2.33. The van der Waals surface area contributed by atoms with Gasteiger partial charge >= 0.3 is 0 Å². The third-order valence-corrected chi connectivity index (χ3v) is 11.1. The lowest BCUT2D eigenvalue weighted by molar-refractivity contribution is 0.443. The first-order valence-corrected chi connectivity index (χ1v) is 17.8. The summed E-state index contributed by atoms with van der Waals surface area (Å²) in [6.45, 7) is 0. The minimum atomic E-state index is -0.0454. The number of para-hydroxylation sites is 2. The Morgan fingerprint density at radius 1 is 0.540 bits per heavy atom. The Labute approximate surface area is 294 Å². The highest BCUT2D eigenvalue weighted by molar-refractivity contribution is 7.25. The number of fused-ring (bicyclic) bond motifs is 6. The molecule has 2 unspecified atom stereocenters. The number of hydrogen-bond donors (Lipinski definition) is 2. The first-order chi connectivity index (χ1) is 24.8. The number of hydrogen-bond acceptors (Lipinski definition) is 4. The Morgan fingerprint density at radius 2 is 1.22 bits per heavy atom. The van der Waals surface area contributed by atoms with Gasteiger partial charge in [-0.05, 0) is 82.4 Å². The number of nitrogens with one attached hydrogen (secondary N) is 2. The van der Waals surface area contributed by atoms with Crippen LogP contribution in [0.2, 0.25) is 0 Å². The molecule has 1 aliphatic rings. The van der Waals surface area contributed by atoms with E-state index in [-0.39, 0.29) is 12.2 Å². The summed E-state index contributed by atoms with van der Waals surface area (Å²) in [6.07, 6.45) is 6.01. The van der Waals surface area contributed by atoms with Crippen molar-refractivity contribution in [3.05, 3.63) is 187 Å². The highest BCUT2D eigenvalue weighted by Gasteiger charge is 2.25. The van der Waals surface area contributed by atoms with Crippen LogP contribution in [0.5, 0.6) is 0 Å². The van der Waals surface area contributed by atoms with Crippen molar-refractivity contribution in [2.75, 3.05) is 0 Å². The van der Waals surface area contributed by atoms with E-state index in [1.165, 1.54) is 58.8 Å². The summed E-state index contributed by atoms with van der Waals surface area (Å²) in [6, 6.07) is 54.9. The maximum atomic E-state index is 4.31. The van der Waals surface area contributed by atoms with Gasteiger partial charge in [0.15, 0.2) is 0 Å². The molecule has 50 heavy (non-hydrogen) atoms. The Bertz CT molecular complexity index is 2650. The predicted octanol–water partition coefficient (Wildman–Crippen LogP) is 11.2. The van der Waals surface area contributed by atoms with Gasteiger partial charge in [0.25, 0.3) is 0 Å². The molecule has 0 fully saturated rings. The molecular formula is C45H32N4S. The summed E-state index contributed by atoms with van der Waals surface area (Å²) in [5.74, 6) is 0. The second-order valence-corrected chi connectivity index (χ2v) is 14.0. The lowest BCUT2D eigenvalue weighted by Crippen LogP contribution is -2.39. The number of rotatable bonds is 5. The third-order valence-electron chi connectivity index (χ3n) is 9.98. The highest BCUT2D eigenvalue weighted by Crippen LogP contribution is 2.40. The van der Waals surface area contributed by atoms with Crippen LogP contribution in [0.4, 0.5) is 0 Å². The molecule has 0 amide bonds. The van der Waals surface area contributed by atoms with Crippen molar-refractivity contribution in [2.45, 2.75) is 12.2 Å². The third kappa shape index (κ3) is 4.90. The van der Waals surface area contributed by atoms with E-state index in [0.29, 0.717) is 0 Å². The number of thiophene rings is 1. The molecular weight excluding hydrogens is 629 g/mol. The Hall–Kier alpha value is -6.01. The van der Waals surface area contributed by atoms with Gasteiger partial charge in [0.1, 0.15) is 6.17 Å². The summed E-state index contributed by atoms with van der Waals surface area (Å²) < 4.78 is 5.00. The molecule has 1 aliphatic heterocycles. The van der Waals surface area contributed by atoms with Gasteiger partial charge in [0.2, 0.25) is 0 Å². The summed E-state index contributed by atoms with van der Waals surface area (Å²) in [5.41, 5.74) is 10.6. The zero-order chi connectivity index (χ0) is 33.0. The molecule has 4 nitrogen and oxygen atoms in total. The first kappa shape index (κ1) is 29.0. The standard InChI is InChI=1S/C45H32N4S/c1-2-9-31(10-3-1)45-47-39(30-18-16-29(17-19-30)33-11-8-24-46-28-33)27-40(48-45)32-20-22-43-37(25-32)38-26-34(21-23-44(38)50-43)49-41-14-6-4-12-35(41)36-13-5-7-15-42(36)49/h1-28,40,45,47-48H. The average molecular weight is 661 g/mol. The smallest absolute Gasteiger partial charge is 0.104 e. The summed E-state index contributed by atoms with van der Waals surface area (Å²) in [4.78, 5) is 4.31. The van der Waals surface area contributed by atoms with Crippen LogP contribution >= 0.6 is 11.3 Å². The van der Waals surface area contributed by atoms with Crippen LogP contribution in [0.15, 0.2) is 170 Å². The van der Waals surface area contributed by atoms with Gasteiger partial charge in [0.05, 0.1) is 17.1 Å². The molecule has 5 heteroatoms. The van der Waals surface area contributed by atoms with Crippen molar-refractivity contribution >= 4 is 59.0 Å². The molecule has 0 aliphatic carbocycles. The van der Waals surface area contributed by atoms with E-state index in [0.717, 1.165) is 22.4 Å². The Balaban J connectivity index is 1.08. The molecule has 6 aromatic carbocycles. The van der Waals surface area contributed by atoms with E-state index in [4.69, 9.17) is 0 Å². The van der Waals surface area contributed by atoms with Crippen molar-refractivity contribution < 1.29 is 0 Å². The zero-order valence-corrected chi connectivity index (χ0v) is 27.9. The average Bonchev–Trinajstić information content (AvgIpc) is 3.73. The summed E-state index contributed by atoms with van der Waals surface area (Å²) in [5, 5.41) is 12.8. The molecule has 9 aromatic rings. The molecule has 0 bridgehead atoms. The molecule has 2 N–H and O–H groups in total. The Morgan fingerprint density at radius 3 is 1.96 bits per heavy atom. The minimum absolute atomic E-state index is 0.00863. The molecule has 2 atom stereocenters. The molecule has 0 radical (unpaired) electrons. The van der Waals surface area contributed by atoms with Gasteiger partial charge in [0, 0.05) is 54.7 Å². The molecule has 3 aromatic heterocycles. The van der Waals surface area contributed by atoms with Crippen LogP contribution in [0.25, 0.3) is 64.5 Å². The Kier molecular flexibility index (Phi) is 6.86. The molecule has 0 saturated carbocycles. The number of pyridine rings is 1. The quantitative estimate of drug-likeness (QED) is 0.193. The van der Waals surface area contributed by atoms with Gasteiger partial charge in [-0.15, -0.1) is 11.3 Å². The van der Waals surface area contributed by atoms with Gasteiger partial charge in [-0.3, -0.25) is 10.3 Å². The van der Waals surface area contributed by atoms with Crippen molar-refractivity contribution in [2.24, 2.45) is 0 Å². The fraction of sp³-hybridized carbons (Fsp3) is 0.0444. The SMILES string of the molecule is C1=C(c2ccc(-c3cccnc3)cc2)NC(c2ccccc2)NC1c1ccc2sc3ccc(-n4c5ccccc5c5ccccc54)cc3c2c1. The molecule has 4 heterocycles. The number of benzene rings is 6. The van der Waals surface area contributed by atoms with E-state index in [2.05, 4.69) is 172 Å². The molecule has 0 spiro atoms. The van der Waals surface area contributed by atoms with Crippen LogP contribution in [-0.2, 0) is 0 Å².